The van der Waals surface area contributed by atoms with Crippen molar-refractivity contribution in [2.75, 3.05) is 7.05 Å². The van der Waals surface area contributed by atoms with Crippen molar-refractivity contribution in [2.45, 2.75) is 12.5 Å². The van der Waals surface area contributed by atoms with Crippen LogP contribution < -0.4 is 5.32 Å². The van der Waals surface area contributed by atoms with Crippen LogP contribution in [-0.2, 0) is 6.42 Å². The van der Waals surface area contributed by atoms with E-state index >= 15 is 0 Å². The summed E-state index contributed by atoms with van der Waals surface area (Å²) in [4.78, 5) is 0. The Bertz CT molecular complexity index is 462. The second kappa shape index (κ2) is 5.10. The molecule has 2 aromatic rings. The molecule has 4 heteroatoms. The average molecular weight is 237 g/mol. The summed E-state index contributed by atoms with van der Waals surface area (Å²) in [6.07, 6.45) is 1.75. The van der Waals surface area contributed by atoms with Crippen molar-refractivity contribution in [1.82, 2.24) is 5.32 Å². The number of hydrogen-bond donors (Lipinski definition) is 1. The molecule has 0 amide bonds. The molecule has 1 aromatic heterocycles. The number of benzene rings is 1. The number of hydrogen-bond acceptors (Lipinski definition) is 2. The summed E-state index contributed by atoms with van der Waals surface area (Å²) in [5.74, 6) is -0.399. The smallest absolute Gasteiger partial charge is 0.129 e. The zero-order valence-corrected chi connectivity index (χ0v) is 9.41. The second-order valence-corrected chi connectivity index (χ2v) is 3.76. The molecule has 0 aliphatic carbocycles. The Morgan fingerprint density at radius 3 is 2.41 bits per heavy atom. The molecular weight excluding hydrogens is 224 g/mol. The van der Waals surface area contributed by atoms with E-state index in [0.717, 1.165) is 0 Å². The first-order chi connectivity index (χ1) is 8.22. The molecule has 0 saturated heterocycles. The van der Waals surface area contributed by atoms with Crippen molar-refractivity contribution in [2.24, 2.45) is 0 Å². The summed E-state index contributed by atoms with van der Waals surface area (Å²) in [7, 11) is 1.73. The van der Waals surface area contributed by atoms with Gasteiger partial charge in [0.15, 0.2) is 0 Å². The Kier molecular flexibility index (Phi) is 3.54. The van der Waals surface area contributed by atoms with Gasteiger partial charge in [0, 0.05) is 12.0 Å². The van der Waals surface area contributed by atoms with E-state index < -0.39 is 11.6 Å². The molecule has 2 rings (SSSR count). The van der Waals surface area contributed by atoms with Crippen LogP contribution in [0.4, 0.5) is 8.78 Å². The molecule has 2 nitrogen and oxygen atoms in total. The zero-order valence-electron chi connectivity index (χ0n) is 9.41. The Morgan fingerprint density at radius 2 is 1.88 bits per heavy atom. The van der Waals surface area contributed by atoms with E-state index in [9.17, 15) is 8.78 Å². The molecule has 0 aliphatic rings. The minimum Gasteiger partial charge on any atom is -0.468 e. The first kappa shape index (κ1) is 11.8. The maximum Gasteiger partial charge on any atom is 0.129 e. The van der Waals surface area contributed by atoms with Crippen molar-refractivity contribution >= 4 is 0 Å². The Balaban J connectivity index is 2.25. The van der Waals surface area contributed by atoms with E-state index in [4.69, 9.17) is 4.42 Å². The van der Waals surface area contributed by atoms with E-state index in [1.54, 1.807) is 19.2 Å². The van der Waals surface area contributed by atoms with Gasteiger partial charge in [-0.25, -0.2) is 8.78 Å². The van der Waals surface area contributed by atoms with Crippen LogP contribution in [0.5, 0.6) is 0 Å². The summed E-state index contributed by atoms with van der Waals surface area (Å²) >= 11 is 0. The SMILES string of the molecule is CNC(Cc1c(F)cccc1F)c1ccco1. The van der Waals surface area contributed by atoms with Crippen LogP contribution in [0, 0.1) is 11.6 Å². The highest BCUT2D eigenvalue weighted by molar-refractivity contribution is 5.22. The number of halogens is 2. The molecule has 0 bridgehead atoms. The van der Waals surface area contributed by atoms with Crippen LogP contribution in [0.15, 0.2) is 41.0 Å². The third kappa shape index (κ3) is 2.53. The highest BCUT2D eigenvalue weighted by Gasteiger charge is 2.17. The lowest BCUT2D eigenvalue weighted by molar-refractivity contribution is 0.419. The van der Waals surface area contributed by atoms with Gasteiger partial charge in [0.2, 0.25) is 0 Å². The van der Waals surface area contributed by atoms with Crippen LogP contribution in [-0.4, -0.2) is 7.05 Å². The van der Waals surface area contributed by atoms with Gasteiger partial charge < -0.3 is 9.73 Å². The monoisotopic (exact) mass is 237 g/mol. The van der Waals surface area contributed by atoms with E-state index in [1.807, 2.05) is 0 Å². The molecule has 1 heterocycles. The third-order valence-electron chi connectivity index (χ3n) is 2.71. The maximum absolute atomic E-state index is 13.5. The lowest BCUT2D eigenvalue weighted by Crippen LogP contribution is -2.19. The predicted octanol–water partition coefficient (Wildman–Crippen LogP) is 3.06. The lowest BCUT2D eigenvalue weighted by Gasteiger charge is -2.14. The van der Waals surface area contributed by atoms with Crippen molar-refractivity contribution in [3.05, 3.63) is 59.6 Å². The van der Waals surface area contributed by atoms with Crippen molar-refractivity contribution < 1.29 is 13.2 Å². The molecule has 1 unspecified atom stereocenters. The largest absolute Gasteiger partial charge is 0.468 e. The maximum atomic E-state index is 13.5. The number of furan rings is 1. The summed E-state index contributed by atoms with van der Waals surface area (Å²) < 4.78 is 32.2. The van der Waals surface area contributed by atoms with Crippen LogP contribution in [0.1, 0.15) is 17.4 Å². The van der Waals surface area contributed by atoms with E-state index in [2.05, 4.69) is 5.32 Å². The topological polar surface area (TPSA) is 25.2 Å². The number of nitrogens with one attached hydrogen (secondary N) is 1. The van der Waals surface area contributed by atoms with Gasteiger partial charge in [-0.3, -0.25) is 0 Å². The molecule has 0 radical (unpaired) electrons. The highest BCUT2D eigenvalue weighted by atomic mass is 19.1. The van der Waals surface area contributed by atoms with Crippen molar-refractivity contribution in [3.8, 4) is 0 Å². The summed E-state index contributed by atoms with van der Waals surface area (Å²) in [6.45, 7) is 0. The lowest BCUT2D eigenvalue weighted by atomic mass is 10.0. The molecular formula is C13H13F2NO. The number of rotatable bonds is 4. The molecule has 1 atom stereocenters. The summed E-state index contributed by atoms with van der Waals surface area (Å²) in [5, 5.41) is 2.98. The minimum atomic E-state index is -0.531. The van der Waals surface area contributed by atoms with Crippen molar-refractivity contribution in [3.63, 3.8) is 0 Å². The van der Waals surface area contributed by atoms with Gasteiger partial charge in [-0.05, 0) is 31.3 Å². The Morgan fingerprint density at radius 1 is 1.18 bits per heavy atom. The van der Waals surface area contributed by atoms with Crippen LogP contribution >= 0.6 is 0 Å². The van der Waals surface area contributed by atoms with Gasteiger partial charge in [0.1, 0.15) is 17.4 Å². The fourth-order valence-electron chi connectivity index (χ4n) is 1.77. The fourth-order valence-corrected chi connectivity index (χ4v) is 1.77. The fraction of sp³-hybridized carbons (Fsp3) is 0.231. The zero-order chi connectivity index (χ0) is 12.3. The van der Waals surface area contributed by atoms with Gasteiger partial charge in [-0.2, -0.15) is 0 Å². The molecule has 17 heavy (non-hydrogen) atoms. The summed E-state index contributed by atoms with van der Waals surface area (Å²) in [6, 6.07) is 7.16. The average Bonchev–Trinajstić information content (AvgIpc) is 2.82. The minimum absolute atomic E-state index is 0.0725. The first-order valence-electron chi connectivity index (χ1n) is 5.36. The predicted molar refractivity (Wildman–Crippen MR) is 60.6 cm³/mol. The quantitative estimate of drug-likeness (QED) is 0.884. The van der Waals surface area contributed by atoms with Gasteiger partial charge in [-0.1, -0.05) is 6.07 Å². The van der Waals surface area contributed by atoms with Gasteiger partial charge in [-0.15, -0.1) is 0 Å². The molecule has 1 aromatic carbocycles. The van der Waals surface area contributed by atoms with E-state index in [1.165, 1.54) is 24.5 Å². The Labute approximate surface area is 98.3 Å². The van der Waals surface area contributed by atoms with Gasteiger partial charge in [0.05, 0.1) is 12.3 Å². The third-order valence-corrected chi connectivity index (χ3v) is 2.71. The molecule has 0 fully saturated rings. The van der Waals surface area contributed by atoms with E-state index in [-0.39, 0.29) is 18.0 Å². The molecule has 0 spiro atoms. The molecule has 0 aliphatic heterocycles. The number of likely N-dealkylation sites (N-methyl/N-ethyl adjacent to an activating group) is 1. The van der Waals surface area contributed by atoms with Gasteiger partial charge in [0.25, 0.3) is 0 Å². The first-order valence-corrected chi connectivity index (χ1v) is 5.36. The molecule has 90 valence electrons. The standard InChI is InChI=1S/C13H13F2NO/c1-16-12(13-6-3-7-17-13)8-9-10(14)4-2-5-11(9)15/h2-7,12,16H,8H2,1H3. The van der Waals surface area contributed by atoms with Crippen LogP contribution in [0.25, 0.3) is 0 Å². The molecule has 0 saturated carbocycles. The van der Waals surface area contributed by atoms with Crippen LogP contribution in [0.2, 0.25) is 0 Å². The molecule has 1 N–H and O–H groups in total. The second-order valence-electron chi connectivity index (χ2n) is 3.76. The van der Waals surface area contributed by atoms with Crippen LogP contribution in [0.3, 0.4) is 0 Å². The summed E-state index contributed by atoms with van der Waals surface area (Å²) in [5.41, 5.74) is 0.0725. The van der Waals surface area contributed by atoms with Crippen molar-refractivity contribution in [1.29, 1.82) is 0 Å². The Hall–Kier alpha value is -1.68. The normalized spacial score (nSPS) is 12.6. The van der Waals surface area contributed by atoms with E-state index in [0.29, 0.717) is 5.76 Å². The van der Waals surface area contributed by atoms with Gasteiger partial charge >= 0.3 is 0 Å². The highest BCUT2D eigenvalue weighted by Crippen LogP contribution is 2.22.